The highest BCUT2D eigenvalue weighted by atomic mass is 16.6. The van der Waals surface area contributed by atoms with Gasteiger partial charge in [-0.25, -0.2) is 4.79 Å². The molecule has 2 N–H and O–H groups in total. The van der Waals surface area contributed by atoms with Crippen LogP contribution in [0.1, 0.15) is 11.3 Å². The van der Waals surface area contributed by atoms with Crippen molar-refractivity contribution in [3.8, 4) is 22.8 Å². The number of nitrogens with zero attached hydrogens (tertiary/aromatic N) is 1. The average molecular weight is 354 g/mol. The van der Waals surface area contributed by atoms with E-state index in [1.165, 1.54) is 0 Å². The van der Waals surface area contributed by atoms with Crippen LogP contribution in [-0.2, 0) is 18.0 Å². The standard InChI is InChI=1S/C19H18N2O5/c1-23-16-4-2-3-13(9-16)11-24-15-7-5-14(6-8-15)18-10-17(26-21-18)12-25-19(20)22/h2-10H,11-12H2,1H3,(H2,20,22). The van der Waals surface area contributed by atoms with E-state index in [1.807, 2.05) is 48.5 Å². The molecular weight excluding hydrogens is 336 g/mol. The first kappa shape index (κ1) is 17.3. The second-order valence-corrected chi connectivity index (χ2v) is 5.45. The number of hydrogen-bond acceptors (Lipinski definition) is 6. The van der Waals surface area contributed by atoms with Crippen molar-refractivity contribution in [2.75, 3.05) is 7.11 Å². The first-order valence-corrected chi connectivity index (χ1v) is 7.88. The van der Waals surface area contributed by atoms with E-state index < -0.39 is 6.09 Å². The number of amides is 1. The molecule has 0 fully saturated rings. The van der Waals surface area contributed by atoms with Crippen LogP contribution >= 0.6 is 0 Å². The molecule has 1 amide bonds. The Morgan fingerprint density at radius 1 is 1.08 bits per heavy atom. The fourth-order valence-electron chi connectivity index (χ4n) is 2.31. The van der Waals surface area contributed by atoms with Crippen LogP contribution < -0.4 is 15.2 Å². The molecule has 26 heavy (non-hydrogen) atoms. The molecule has 0 aliphatic rings. The monoisotopic (exact) mass is 354 g/mol. The molecule has 134 valence electrons. The summed E-state index contributed by atoms with van der Waals surface area (Å²) in [5.41, 5.74) is 7.42. The Morgan fingerprint density at radius 3 is 2.62 bits per heavy atom. The Labute approximate surface area is 150 Å². The first-order valence-electron chi connectivity index (χ1n) is 7.88. The lowest BCUT2D eigenvalue weighted by atomic mass is 10.1. The maximum Gasteiger partial charge on any atom is 0.404 e. The SMILES string of the molecule is COc1cccc(COc2ccc(-c3cc(COC(N)=O)on3)cc2)c1. The Kier molecular flexibility index (Phi) is 5.38. The van der Waals surface area contributed by atoms with E-state index in [1.54, 1.807) is 13.2 Å². The fourth-order valence-corrected chi connectivity index (χ4v) is 2.31. The number of carbonyl (C=O) groups is 1. The van der Waals surface area contributed by atoms with Crippen LogP contribution in [0.5, 0.6) is 11.5 Å². The molecular formula is C19H18N2O5. The van der Waals surface area contributed by atoms with Crippen LogP contribution in [0.4, 0.5) is 4.79 Å². The first-order chi connectivity index (χ1) is 12.6. The third-order valence-electron chi connectivity index (χ3n) is 3.61. The Balaban J connectivity index is 1.60. The van der Waals surface area contributed by atoms with Crippen molar-refractivity contribution < 1.29 is 23.5 Å². The van der Waals surface area contributed by atoms with Gasteiger partial charge in [0.05, 0.1) is 7.11 Å². The summed E-state index contributed by atoms with van der Waals surface area (Å²) in [5, 5.41) is 3.94. The summed E-state index contributed by atoms with van der Waals surface area (Å²) in [6.07, 6.45) is -0.861. The smallest absolute Gasteiger partial charge is 0.404 e. The minimum absolute atomic E-state index is 0.0515. The predicted octanol–water partition coefficient (Wildman–Crippen LogP) is 3.52. The van der Waals surface area contributed by atoms with E-state index in [4.69, 9.17) is 19.7 Å². The molecule has 0 saturated carbocycles. The molecule has 0 spiro atoms. The highest BCUT2D eigenvalue weighted by molar-refractivity contribution is 5.64. The summed E-state index contributed by atoms with van der Waals surface area (Å²) in [6, 6.07) is 16.8. The lowest BCUT2D eigenvalue weighted by Gasteiger charge is -2.08. The van der Waals surface area contributed by atoms with Gasteiger partial charge in [0.1, 0.15) is 23.8 Å². The van der Waals surface area contributed by atoms with E-state index in [0.29, 0.717) is 18.1 Å². The largest absolute Gasteiger partial charge is 0.497 e. The van der Waals surface area contributed by atoms with Gasteiger partial charge in [0, 0.05) is 11.6 Å². The molecule has 0 saturated heterocycles. The number of ether oxygens (including phenoxy) is 3. The third-order valence-corrected chi connectivity index (χ3v) is 3.61. The van der Waals surface area contributed by atoms with Crippen molar-refractivity contribution in [2.24, 2.45) is 5.73 Å². The van der Waals surface area contributed by atoms with E-state index in [2.05, 4.69) is 9.89 Å². The molecule has 7 heteroatoms. The van der Waals surface area contributed by atoms with Crippen LogP contribution in [0.2, 0.25) is 0 Å². The lowest BCUT2D eigenvalue weighted by Crippen LogP contribution is -2.12. The van der Waals surface area contributed by atoms with E-state index >= 15 is 0 Å². The Morgan fingerprint density at radius 2 is 1.88 bits per heavy atom. The molecule has 2 aromatic carbocycles. The van der Waals surface area contributed by atoms with Gasteiger partial charge in [-0.2, -0.15) is 0 Å². The molecule has 0 radical (unpaired) electrons. The van der Waals surface area contributed by atoms with Gasteiger partial charge in [-0.05, 0) is 42.0 Å². The zero-order chi connectivity index (χ0) is 18.4. The number of methoxy groups -OCH3 is 1. The zero-order valence-electron chi connectivity index (χ0n) is 14.2. The van der Waals surface area contributed by atoms with Crippen molar-refractivity contribution in [1.29, 1.82) is 0 Å². The maximum absolute atomic E-state index is 10.6. The van der Waals surface area contributed by atoms with Crippen LogP contribution in [0.15, 0.2) is 59.1 Å². The Hall–Kier alpha value is -3.48. The highest BCUT2D eigenvalue weighted by Gasteiger charge is 2.08. The van der Waals surface area contributed by atoms with Gasteiger partial charge in [-0.1, -0.05) is 17.3 Å². The normalized spacial score (nSPS) is 10.3. The number of aromatic nitrogens is 1. The molecule has 1 heterocycles. The van der Waals surface area contributed by atoms with Crippen LogP contribution in [-0.4, -0.2) is 18.4 Å². The summed E-state index contributed by atoms with van der Waals surface area (Å²) in [5.74, 6) is 1.94. The van der Waals surface area contributed by atoms with Crippen LogP contribution in [0, 0.1) is 0 Å². The van der Waals surface area contributed by atoms with Gasteiger partial charge >= 0.3 is 6.09 Å². The summed E-state index contributed by atoms with van der Waals surface area (Å²) >= 11 is 0. The molecule has 3 rings (SSSR count). The molecule has 0 bridgehead atoms. The molecule has 0 unspecified atom stereocenters. The number of primary amides is 1. The van der Waals surface area contributed by atoms with Gasteiger partial charge in [0.15, 0.2) is 12.4 Å². The number of hydrogen-bond donors (Lipinski definition) is 1. The van der Waals surface area contributed by atoms with Crippen molar-refractivity contribution in [1.82, 2.24) is 5.16 Å². The van der Waals surface area contributed by atoms with Crippen molar-refractivity contribution >= 4 is 6.09 Å². The molecule has 0 aliphatic heterocycles. The maximum atomic E-state index is 10.6. The summed E-state index contributed by atoms with van der Waals surface area (Å²) in [7, 11) is 1.63. The van der Waals surface area contributed by atoms with E-state index in [-0.39, 0.29) is 6.61 Å². The number of benzene rings is 2. The van der Waals surface area contributed by atoms with Gasteiger partial charge in [0.25, 0.3) is 0 Å². The highest BCUT2D eigenvalue weighted by Crippen LogP contribution is 2.23. The lowest BCUT2D eigenvalue weighted by molar-refractivity contribution is 0.137. The van der Waals surface area contributed by atoms with Gasteiger partial charge in [0.2, 0.25) is 0 Å². The molecule has 3 aromatic rings. The topological polar surface area (TPSA) is 96.8 Å². The third kappa shape index (κ3) is 4.54. The minimum atomic E-state index is -0.861. The second-order valence-electron chi connectivity index (χ2n) is 5.45. The van der Waals surface area contributed by atoms with Crippen LogP contribution in [0.25, 0.3) is 11.3 Å². The van der Waals surface area contributed by atoms with Crippen LogP contribution in [0.3, 0.4) is 0 Å². The minimum Gasteiger partial charge on any atom is -0.497 e. The molecule has 1 aromatic heterocycles. The van der Waals surface area contributed by atoms with E-state index in [9.17, 15) is 4.79 Å². The van der Waals surface area contributed by atoms with Crippen molar-refractivity contribution in [3.63, 3.8) is 0 Å². The summed E-state index contributed by atoms with van der Waals surface area (Å²) < 4.78 is 20.7. The van der Waals surface area contributed by atoms with Crippen molar-refractivity contribution in [3.05, 3.63) is 65.9 Å². The second kappa shape index (κ2) is 8.06. The van der Waals surface area contributed by atoms with Gasteiger partial charge in [-0.15, -0.1) is 0 Å². The molecule has 7 nitrogen and oxygen atoms in total. The molecule has 0 aliphatic carbocycles. The van der Waals surface area contributed by atoms with E-state index in [0.717, 1.165) is 22.6 Å². The number of nitrogens with two attached hydrogens (primary N) is 1. The Bertz CT molecular complexity index is 874. The molecule has 0 atom stereocenters. The number of rotatable bonds is 7. The van der Waals surface area contributed by atoms with Gasteiger partial charge < -0.3 is 24.5 Å². The van der Waals surface area contributed by atoms with Crippen molar-refractivity contribution in [2.45, 2.75) is 13.2 Å². The quantitative estimate of drug-likeness (QED) is 0.697. The number of carbonyl (C=O) groups excluding carboxylic acids is 1. The predicted molar refractivity (Wildman–Crippen MR) is 93.6 cm³/mol. The van der Waals surface area contributed by atoms with Gasteiger partial charge in [-0.3, -0.25) is 0 Å². The average Bonchev–Trinajstić information content (AvgIpc) is 3.14. The summed E-state index contributed by atoms with van der Waals surface area (Å²) in [6.45, 7) is 0.388. The zero-order valence-corrected chi connectivity index (χ0v) is 14.2. The summed E-state index contributed by atoms with van der Waals surface area (Å²) in [4.78, 5) is 10.6. The fraction of sp³-hybridized carbons (Fsp3) is 0.158.